The first-order chi connectivity index (χ1) is 7.15. The lowest BCUT2D eigenvalue weighted by atomic mass is 9.47. The third-order valence-electron chi connectivity index (χ3n) is 5.44. The molecule has 1 N–H and O–H groups in total. The second kappa shape index (κ2) is 2.61. The Labute approximate surface area is 93.0 Å². The maximum absolute atomic E-state index is 4.02. The fourth-order valence-corrected chi connectivity index (χ4v) is 5.55. The van der Waals surface area contributed by atoms with Gasteiger partial charge in [-0.2, -0.15) is 0 Å². The number of rotatable bonds is 2. The summed E-state index contributed by atoms with van der Waals surface area (Å²) in [6.07, 6.45) is 12.1. The molecule has 5 fully saturated rings. The lowest BCUT2D eigenvalue weighted by Gasteiger charge is -2.61. The second-order valence-electron chi connectivity index (χ2n) is 7.47. The molecule has 84 valence electrons. The normalized spacial score (nSPS) is 57.4. The van der Waals surface area contributed by atoms with Gasteiger partial charge in [-0.1, -0.05) is 6.92 Å². The SMILES string of the molecule is CC12CC3CC(C1)CC(NC1CC1)(C3)C2. The molecule has 5 aliphatic carbocycles. The Bertz CT molecular complexity index is 272. The van der Waals surface area contributed by atoms with Crippen molar-refractivity contribution in [2.24, 2.45) is 17.3 Å². The summed E-state index contributed by atoms with van der Waals surface area (Å²) in [5, 5.41) is 4.02. The summed E-state index contributed by atoms with van der Waals surface area (Å²) in [6.45, 7) is 2.56. The van der Waals surface area contributed by atoms with E-state index >= 15 is 0 Å². The van der Waals surface area contributed by atoms with Crippen LogP contribution in [0.5, 0.6) is 0 Å². The van der Waals surface area contributed by atoms with Crippen LogP contribution in [-0.4, -0.2) is 11.6 Å². The van der Waals surface area contributed by atoms with Crippen molar-refractivity contribution in [2.45, 2.75) is 69.9 Å². The van der Waals surface area contributed by atoms with Gasteiger partial charge in [0.2, 0.25) is 0 Å². The van der Waals surface area contributed by atoms with Crippen molar-refractivity contribution in [3.05, 3.63) is 0 Å². The molecule has 0 aromatic carbocycles. The highest BCUT2D eigenvalue weighted by Gasteiger charge is 2.56. The Balaban J connectivity index is 1.64. The van der Waals surface area contributed by atoms with Crippen LogP contribution >= 0.6 is 0 Å². The van der Waals surface area contributed by atoms with E-state index in [1.54, 1.807) is 6.42 Å². The van der Waals surface area contributed by atoms with E-state index in [0.29, 0.717) is 11.0 Å². The van der Waals surface area contributed by atoms with Crippen LogP contribution in [0, 0.1) is 17.3 Å². The molecule has 5 aliphatic rings. The van der Waals surface area contributed by atoms with E-state index in [1.165, 1.54) is 44.9 Å². The first-order valence-electron chi connectivity index (χ1n) is 6.93. The molecule has 0 aromatic heterocycles. The Hall–Kier alpha value is -0.0400. The standard InChI is InChI=1S/C14H23N/c1-13-5-10-4-11(6-13)8-14(7-10,9-13)15-12-2-3-12/h10-12,15H,2-9H2,1H3. The molecule has 0 heterocycles. The van der Waals surface area contributed by atoms with Gasteiger partial charge in [0.1, 0.15) is 0 Å². The van der Waals surface area contributed by atoms with Crippen molar-refractivity contribution in [1.82, 2.24) is 5.32 Å². The zero-order valence-electron chi connectivity index (χ0n) is 9.89. The summed E-state index contributed by atoms with van der Waals surface area (Å²) in [5.41, 5.74) is 1.31. The van der Waals surface area contributed by atoms with Gasteiger partial charge < -0.3 is 5.32 Å². The lowest BCUT2D eigenvalue weighted by molar-refractivity contribution is -0.0726. The minimum absolute atomic E-state index is 0.597. The van der Waals surface area contributed by atoms with Crippen molar-refractivity contribution in [1.29, 1.82) is 0 Å². The van der Waals surface area contributed by atoms with Crippen LogP contribution in [0.4, 0.5) is 0 Å². The van der Waals surface area contributed by atoms with E-state index < -0.39 is 0 Å². The number of nitrogens with one attached hydrogen (secondary N) is 1. The van der Waals surface area contributed by atoms with Gasteiger partial charge in [0.15, 0.2) is 0 Å². The van der Waals surface area contributed by atoms with Crippen LogP contribution < -0.4 is 5.32 Å². The van der Waals surface area contributed by atoms with Crippen LogP contribution in [0.25, 0.3) is 0 Å². The Morgan fingerprint density at radius 1 is 1.00 bits per heavy atom. The van der Waals surface area contributed by atoms with Crippen LogP contribution in [0.1, 0.15) is 58.3 Å². The molecule has 0 radical (unpaired) electrons. The van der Waals surface area contributed by atoms with Gasteiger partial charge in [-0.05, 0) is 68.6 Å². The molecular formula is C14H23N. The van der Waals surface area contributed by atoms with Crippen LogP contribution in [0.15, 0.2) is 0 Å². The van der Waals surface area contributed by atoms with E-state index in [1.807, 2.05) is 0 Å². The quantitative estimate of drug-likeness (QED) is 0.730. The van der Waals surface area contributed by atoms with E-state index in [0.717, 1.165) is 17.9 Å². The zero-order valence-corrected chi connectivity index (χ0v) is 9.89. The van der Waals surface area contributed by atoms with Crippen LogP contribution in [-0.2, 0) is 0 Å². The van der Waals surface area contributed by atoms with E-state index in [4.69, 9.17) is 0 Å². The molecular weight excluding hydrogens is 182 g/mol. The van der Waals surface area contributed by atoms with Crippen LogP contribution in [0.2, 0.25) is 0 Å². The van der Waals surface area contributed by atoms with E-state index in [2.05, 4.69) is 12.2 Å². The Morgan fingerprint density at radius 3 is 2.20 bits per heavy atom. The number of hydrogen-bond donors (Lipinski definition) is 1. The van der Waals surface area contributed by atoms with E-state index in [-0.39, 0.29) is 0 Å². The smallest absolute Gasteiger partial charge is 0.0194 e. The first-order valence-corrected chi connectivity index (χ1v) is 6.93. The Morgan fingerprint density at radius 2 is 1.67 bits per heavy atom. The predicted molar refractivity (Wildman–Crippen MR) is 61.7 cm³/mol. The monoisotopic (exact) mass is 205 g/mol. The molecule has 0 spiro atoms. The van der Waals surface area contributed by atoms with Crippen molar-refractivity contribution in [3.63, 3.8) is 0 Å². The Kier molecular flexibility index (Phi) is 1.57. The van der Waals surface area contributed by atoms with Gasteiger partial charge in [-0.15, -0.1) is 0 Å². The highest BCUT2D eigenvalue weighted by Crippen LogP contribution is 2.61. The molecule has 5 saturated carbocycles. The summed E-state index contributed by atoms with van der Waals surface area (Å²) >= 11 is 0. The highest BCUT2D eigenvalue weighted by molar-refractivity contribution is 5.12. The van der Waals surface area contributed by atoms with Crippen LogP contribution in [0.3, 0.4) is 0 Å². The molecule has 2 atom stereocenters. The summed E-state index contributed by atoms with van der Waals surface area (Å²) in [4.78, 5) is 0. The topological polar surface area (TPSA) is 12.0 Å². The summed E-state index contributed by atoms with van der Waals surface area (Å²) in [7, 11) is 0. The minimum Gasteiger partial charge on any atom is -0.308 e. The average molecular weight is 205 g/mol. The van der Waals surface area contributed by atoms with Gasteiger partial charge in [0.25, 0.3) is 0 Å². The molecule has 0 aliphatic heterocycles. The van der Waals surface area contributed by atoms with E-state index in [9.17, 15) is 0 Å². The zero-order chi connectivity index (χ0) is 10.1. The first kappa shape index (κ1) is 9.04. The fraction of sp³-hybridized carbons (Fsp3) is 1.00. The van der Waals surface area contributed by atoms with Crippen molar-refractivity contribution in [3.8, 4) is 0 Å². The number of hydrogen-bond acceptors (Lipinski definition) is 1. The molecule has 5 rings (SSSR count). The molecule has 4 bridgehead atoms. The van der Waals surface area contributed by atoms with Gasteiger partial charge in [0, 0.05) is 11.6 Å². The minimum atomic E-state index is 0.597. The largest absolute Gasteiger partial charge is 0.308 e. The third-order valence-corrected chi connectivity index (χ3v) is 5.44. The van der Waals surface area contributed by atoms with Gasteiger partial charge in [-0.25, -0.2) is 0 Å². The second-order valence-corrected chi connectivity index (χ2v) is 7.47. The van der Waals surface area contributed by atoms with Gasteiger partial charge >= 0.3 is 0 Å². The summed E-state index contributed by atoms with van der Waals surface area (Å²) in [5.74, 6) is 2.14. The highest BCUT2D eigenvalue weighted by atomic mass is 15.1. The molecule has 15 heavy (non-hydrogen) atoms. The van der Waals surface area contributed by atoms with Gasteiger partial charge in [-0.3, -0.25) is 0 Å². The lowest BCUT2D eigenvalue weighted by Crippen LogP contribution is -2.61. The molecule has 0 saturated heterocycles. The maximum atomic E-state index is 4.02. The molecule has 2 unspecified atom stereocenters. The average Bonchev–Trinajstić information content (AvgIpc) is 2.81. The van der Waals surface area contributed by atoms with Gasteiger partial charge in [0.05, 0.1) is 0 Å². The summed E-state index contributed by atoms with van der Waals surface area (Å²) < 4.78 is 0. The predicted octanol–water partition coefficient (Wildman–Crippen LogP) is 3.10. The molecule has 1 heteroatoms. The summed E-state index contributed by atoms with van der Waals surface area (Å²) in [6, 6.07) is 0.907. The molecule has 0 aromatic rings. The van der Waals surface area contributed by atoms with Crippen molar-refractivity contribution >= 4 is 0 Å². The molecule has 1 nitrogen and oxygen atoms in total. The molecule has 0 amide bonds. The van der Waals surface area contributed by atoms with Crippen molar-refractivity contribution in [2.75, 3.05) is 0 Å². The third kappa shape index (κ3) is 1.39. The maximum Gasteiger partial charge on any atom is 0.0194 e. The van der Waals surface area contributed by atoms with Crippen molar-refractivity contribution < 1.29 is 0 Å². The fourth-order valence-electron chi connectivity index (χ4n) is 5.55.